The smallest absolute Gasteiger partial charge is 0.417 e. The molecule has 7 rings (SSSR count). The Kier molecular flexibility index (Phi) is 8.74. The molecule has 7 aliphatic rings. The molecule has 48 heavy (non-hydrogen) atoms. The van der Waals surface area contributed by atoms with Crippen molar-refractivity contribution < 1.29 is 38.4 Å². The van der Waals surface area contributed by atoms with E-state index >= 15 is 0 Å². The van der Waals surface area contributed by atoms with Crippen LogP contribution in [0.4, 0.5) is 0 Å². The molecule has 0 aromatic heterocycles. The van der Waals surface area contributed by atoms with E-state index in [1.807, 2.05) is 6.92 Å². The molecule has 8 nitrogen and oxygen atoms in total. The van der Waals surface area contributed by atoms with Gasteiger partial charge in [0, 0.05) is 10.8 Å². The number of rotatable bonds is 10. The van der Waals surface area contributed by atoms with Crippen LogP contribution in [0.3, 0.4) is 0 Å². The van der Waals surface area contributed by atoms with Crippen LogP contribution in [0.1, 0.15) is 139 Å². The molecule has 1 N–H and O–H groups in total. The van der Waals surface area contributed by atoms with E-state index in [2.05, 4.69) is 48.5 Å². The molecule has 0 aromatic rings. The van der Waals surface area contributed by atoms with Crippen LogP contribution in [0.2, 0.25) is 0 Å². The summed E-state index contributed by atoms with van der Waals surface area (Å²) in [4.78, 5) is 26.5. The molecule has 0 bridgehead atoms. The van der Waals surface area contributed by atoms with E-state index in [4.69, 9.17) is 23.7 Å². The molecule has 0 radical (unpaired) electrons. The highest BCUT2D eigenvalue weighted by Crippen LogP contribution is 2.60. The van der Waals surface area contributed by atoms with Crippen molar-refractivity contribution in [2.24, 2.45) is 46.3 Å². The Morgan fingerprint density at radius 3 is 1.31 bits per heavy atom. The number of hydrogen-bond donors (Lipinski definition) is 1. The van der Waals surface area contributed by atoms with Gasteiger partial charge in [0.15, 0.2) is 0 Å². The van der Waals surface area contributed by atoms with E-state index in [-0.39, 0.29) is 46.8 Å². The summed E-state index contributed by atoms with van der Waals surface area (Å²) in [6, 6.07) is 0. The molecule has 3 aliphatic heterocycles. The molecule has 7 fully saturated rings. The summed E-state index contributed by atoms with van der Waals surface area (Å²) in [5.41, 5.74) is -1.45. The molecule has 272 valence electrons. The molecule has 12 unspecified atom stereocenters. The predicted octanol–water partition coefficient (Wildman–Crippen LogP) is 7.17. The van der Waals surface area contributed by atoms with Gasteiger partial charge in [-0.05, 0) is 140 Å². The minimum atomic E-state index is -0.898. The van der Waals surface area contributed by atoms with E-state index in [1.165, 1.54) is 0 Å². The van der Waals surface area contributed by atoms with Crippen LogP contribution in [0.15, 0.2) is 0 Å². The highest BCUT2D eigenvalue weighted by molar-refractivity contribution is 6.29. The third-order valence-electron chi connectivity index (χ3n) is 14.7. The van der Waals surface area contributed by atoms with E-state index in [0.29, 0.717) is 47.9 Å². The van der Waals surface area contributed by atoms with Crippen molar-refractivity contribution in [2.45, 2.75) is 180 Å². The Morgan fingerprint density at radius 1 is 0.625 bits per heavy atom. The maximum absolute atomic E-state index is 13.3. The van der Waals surface area contributed by atoms with Gasteiger partial charge in [0.2, 0.25) is 0 Å². The highest BCUT2D eigenvalue weighted by Gasteiger charge is 2.62. The van der Waals surface area contributed by atoms with E-state index in [0.717, 1.165) is 83.5 Å². The van der Waals surface area contributed by atoms with Crippen LogP contribution in [-0.4, -0.2) is 71.0 Å². The van der Waals surface area contributed by atoms with Crippen LogP contribution in [0, 0.1) is 46.3 Å². The predicted molar refractivity (Wildman–Crippen MR) is 181 cm³/mol. The van der Waals surface area contributed by atoms with Crippen molar-refractivity contribution in [1.29, 1.82) is 0 Å². The Labute approximate surface area is 289 Å². The average molecular weight is 673 g/mol. The molecular formula is C40H64O8. The van der Waals surface area contributed by atoms with Gasteiger partial charge in [-0.15, -0.1) is 0 Å². The first-order valence-corrected chi connectivity index (χ1v) is 19.4. The zero-order chi connectivity index (χ0) is 34.5. The van der Waals surface area contributed by atoms with E-state index in [1.54, 1.807) is 0 Å². The van der Waals surface area contributed by atoms with Gasteiger partial charge < -0.3 is 28.8 Å². The first-order valence-electron chi connectivity index (χ1n) is 19.4. The first kappa shape index (κ1) is 35.2. The molecule has 3 saturated heterocycles. The average Bonchev–Trinajstić information content (AvgIpc) is 3.93. The second kappa shape index (κ2) is 11.9. The van der Waals surface area contributed by atoms with Gasteiger partial charge in [0.25, 0.3) is 0 Å². The lowest BCUT2D eigenvalue weighted by Gasteiger charge is -2.49. The monoisotopic (exact) mass is 672 g/mol. The fourth-order valence-corrected chi connectivity index (χ4v) is 12.3. The number of aliphatic hydroxyl groups is 1. The van der Waals surface area contributed by atoms with Crippen molar-refractivity contribution >= 4 is 11.9 Å². The molecule has 0 aromatic carbocycles. The highest BCUT2D eigenvalue weighted by atomic mass is 16.6. The lowest BCUT2D eigenvalue weighted by atomic mass is 9.57. The Bertz CT molecular complexity index is 1130. The maximum Gasteiger partial charge on any atom is 0.417 e. The second-order valence-electron chi connectivity index (χ2n) is 19.9. The lowest BCUT2D eigenvalue weighted by Crippen LogP contribution is -2.47. The number of esters is 2. The molecule has 0 amide bonds. The van der Waals surface area contributed by atoms with Crippen molar-refractivity contribution in [1.82, 2.24) is 0 Å². The van der Waals surface area contributed by atoms with Gasteiger partial charge in [-0.1, -0.05) is 34.1 Å². The number of carbonyl (C=O) groups is 2. The summed E-state index contributed by atoms with van der Waals surface area (Å²) in [7, 11) is 0. The number of epoxide rings is 3. The third-order valence-corrected chi connectivity index (χ3v) is 14.7. The fraction of sp³-hybridized carbons (Fsp3) is 0.950. The summed E-state index contributed by atoms with van der Waals surface area (Å²) in [6.07, 6.45) is 14.4. The third kappa shape index (κ3) is 6.87. The van der Waals surface area contributed by atoms with Crippen LogP contribution < -0.4 is 0 Å². The maximum atomic E-state index is 13.3. The Hall–Kier alpha value is -1.22. The SMILES string of the molecule is CC1(O)CCCC(C(C2CCC3OC3(C)C2)C(C)(C)COC(=O)C(=O)OCC(C)(C)C(C2CCC3OC3(C)C2)C2CCC3OC3(C)C2)C1. The van der Waals surface area contributed by atoms with Crippen LogP contribution in [0.25, 0.3) is 0 Å². The zero-order valence-corrected chi connectivity index (χ0v) is 31.1. The zero-order valence-electron chi connectivity index (χ0n) is 31.1. The van der Waals surface area contributed by atoms with Crippen LogP contribution in [0.5, 0.6) is 0 Å². The van der Waals surface area contributed by atoms with Gasteiger partial charge in [0.1, 0.15) is 0 Å². The second-order valence-corrected chi connectivity index (χ2v) is 19.9. The van der Waals surface area contributed by atoms with Gasteiger partial charge in [-0.2, -0.15) is 0 Å². The van der Waals surface area contributed by atoms with E-state index in [9.17, 15) is 14.7 Å². The molecule has 3 heterocycles. The van der Waals surface area contributed by atoms with Crippen molar-refractivity contribution in [3.05, 3.63) is 0 Å². The summed E-state index contributed by atoms with van der Waals surface area (Å²) < 4.78 is 30.0. The van der Waals surface area contributed by atoms with Crippen molar-refractivity contribution in [3.8, 4) is 0 Å². The van der Waals surface area contributed by atoms with Crippen LogP contribution >= 0.6 is 0 Å². The molecule has 4 aliphatic carbocycles. The van der Waals surface area contributed by atoms with Gasteiger partial charge in [0.05, 0.1) is 53.9 Å². The van der Waals surface area contributed by atoms with Gasteiger partial charge in [-0.25, -0.2) is 9.59 Å². The molecule has 12 atom stereocenters. The minimum Gasteiger partial charge on any atom is -0.457 e. The first-order chi connectivity index (χ1) is 22.3. The minimum absolute atomic E-state index is 0.0181. The molecular weight excluding hydrogens is 608 g/mol. The lowest BCUT2D eigenvalue weighted by molar-refractivity contribution is -0.174. The number of hydrogen-bond acceptors (Lipinski definition) is 8. The molecule has 0 spiro atoms. The number of ether oxygens (including phenoxy) is 5. The Balaban J connectivity index is 0.991. The Morgan fingerprint density at radius 2 is 0.979 bits per heavy atom. The number of fused-ring (bicyclic) bond motifs is 3. The van der Waals surface area contributed by atoms with Gasteiger partial charge in [-0.3, -0.25) is 0 Å². The topological polar surface area (TPSA) is 110 Å². The largest absolute Gasteiger partial charge is 0.457 e. The van der Waals surface area contributed by atoms with Crippen molar-refractivity contribution in [3.63, 3.8) is 0 Å². The fourth-order valence-electron chi connectivity index (χ4n) is 12.3. The van der Waals surface area contributed by atoms with Gasteiger partial charge >= 0.3 is 11.9 Å². The summed E-state index contributed by atoms with van der Waals surface area (Å²) in [5, 5.41) is 11.1. The number of carbonyl (C=O) groups excluding carboxylic acids is 2. The van der Waals surface area contributed by atoms with Crippen LogP contribution in [-0.2, 0) is 33.3 Å². The standard InChI is InChI=1S/C40H64O8/c1-35(2,31(24-10-9-17-37(5,43)18-24)25-11-14-28-38(6,19-25)46-28)22-44-33(41)34(42)45-23-36(3,4)32(26-12-15-29-39(7,20-26)47-29)27-13-16-30-40(8,21-27)48-30/h24-32,43H,9-23H2,1-8H3. The normalized spacial score (nSPS) is 46.2. The summed E-state index contributed by atoms with van der Waals surface area (Å²) in [5.74, 6) is 0.501. The quantitative estimate of drug-likeness (QED) is 0.148. The van der Waals surface area contributed by atoms with Crippen molar-refractivity contribution in [2.75, 3.05) is 13.2 Å². The summed E-state index contributed by atoms with van der Waals surface area (Å²) in [6.45, 7) is 17.8. The molecule has 4 saturated carbocycles. The van der Waals surface area contributed by atoms with E-state index < -0.39 is 17.5 Å². The summed E-state index contributed by atoms with van der Waals surface area (Å²) >= 11 is 0. The molecule has 8 heteroatoms.